The molecule has 0 radical (unpaired) electrons. The molecule has 6 nitrogen and oxygen atoms in total. The van der Waals surface area contributed by atoms with E-state index in [0.717, 1.165) is 29.8 Å². The van der Waals surface area contributed by atoms with E-state index in [-0.39, 0.29) is 29.1 Å². The van der Waals surface area contributed by atoms with Gasteiger partial charge in [-0.3, -0.25) is 9.59 Å². The first-order valence-corrected chi connectivity index (χ1v) is 11.1. The number of hydrogen-bond donors (Lipinski definition) is 2. The van der Waals surface area contributed by atoms with E-state index in [1.807, 2.05) is 31.2 Å². The molecule has 1 aromatic carbocycles. The molecule has 0 unspecified atom stereocenters. The molecular weight excluding hydrogens is 384 g/mol. The van der Waals surface area contributed by atoms with Crippen LogP contribution in [0.3, 0.4) is 0 Å². The number of aryl methyl sites for hydroxylation is 1. The van der Waals surface area contributed by atoms with Gasteiger partial charge in [-0.05, 0) is 49.7 Å². The summed E-state index contributed by atoms with van der Waals surface area (Å²) < 4.78 is 0. The predicted molar refractivity (Wildman–Crippen MR) is 118 cm³/mol. The van der Waals surface area contributed by atoms with E-state index in [1.165, 1.54) is 18.2 Å². The number of nitrogens with zero attached hydrogens (tertiary/aromatic N) is 2. The largest absolute Gasteiger partial charge is 0.326 e. The van der Waals surface area contributed by atoms with E-state index in [1.54, 1.807) is 0 Å². The average molecular weight is 413 g/mol. The Bertz CT molecular complexity index is 906. The average Bonchev–Trinajstić information content (AvgIpc) is 3.18. The maximum atomic E-state index is 12.3. The molecule has 0 aromatic heterocycles. The molecule has 1 saturated heterocycles. The van der Waals surface area contributed by atoms with Gasteiger partial charge in [0, 0.05) is 23.2 Å². The number of carbonyl (C=O) groups is 2. The molecule has 7 heteroatoms. The molecule has 4 rings (SSSR count). The summed E-state index contributed by atoms with van der Waals surface area (Å²) in [5.74, 6) is 0.291. The Morgan fingerprint density at radius 3 is 2.59 bits per heavy atom. The smallest absolute Gasteiger partial charge is 0.240 e. The number of thioether (sulfide) groups is 1. The van der Waals surface area contributed by atoms with Crippen LogP contribution in [0, 0.1) is 23.7 Å². The minimum Gasteiger partial charge on any atom is -0.326 e. The molecule has 2 bridgehead atoms. The van der Waals surface area contributed by atoms with Crippen LogP contribution in [-0.4, -0.2) is 27.9 Å². The highest BCUT2D eigenvalue weighted by Crippen LogP contribution is 2.64. The van der Waals surface area contributed by atoms with Crippen molar-refractivity contribution in [1.82, 2.24) is 5.32 Å². The summed E-state index contributed by atoms with van der Waals surface area (Å²) in [4.78, 5) is 24.6. The Hall–Kier alpha value is -2.15. The van der Waals surface area contributed by atoms with Gasteiger partial charge in [-0.15, -0.1) is 5.10 Å². The standard InChI is InChI=1S/C22H28N4O2S/c1-13-5-7-15(8-6-13)23-18(27)12-16-19(28)24-20(29-16)26-25-17-11-14-9-10-22(17,4)21(14,2)3/h5-8,14,16H,9-12H2,1-4H3,(H,23,27)(H,24,26,28)/b25-17+/t14-,16-,22-/m1/s1. The van der Waals surface area contributed by atoms with Crippen molar-refractivity contribution >= 4 is 40.1 Å². The van der Waals surface area contributed by atoms with E-state index in [0.29, 0.717) is 11.1 Å². The first-order chi connectivity index (χ1) is 13.7. The van der Waals surface area contributed by atoms with Crippen LogP contribution in [0.1, 0.15) is 52.0 Å². The van der Waals surface area contributed by atoms with E-state index >= 15 is 0 Å². The molecule has 2 saturated carbocycles. The summed E-state index contributed by atoms with van der Waals surface area (Å²) in [5, 5.41) is 14.5. The van der Waals surface area contributed by atoms with Crippen molar-refractivity contribution < 1.29 is 9.59 Å². The third-order valence-electron chi connectivity index (χ3n) is 7.26. The summed E-state index contributed by atoms with van der Waals surface area (Å²) in [7, 11) is 0. The van der Waals surface area contributed by atoms with Gasteiger partial charge in [0.15, 0.2) is 5.17 Å². The number of carbonyl (C=O) groups excluding carboxylic acids is 2. The van der Waals surface area contributed by atoms with Crippen molar-refractivity contribution in [2.75, 3.05) is 5.32 Å². The Balaban J connectivity index is 1.38. The molecule has 2 amide bonds. The minimum atomic E-state index is -0.480. The number of hydrogen-bond acceptors (Lipinski definition) is 5. The topological polar surface area (TPSA) is 82.9 Å². The summed E-state index contributed by atoms with van der Waals surface area (Å²) >= 11 is 1.28. The van der Waals surface area contributed by atoms with Crippen LogP contribution in [0.25, 0.3) is 0 Å². The van der Waals surface area contributed by atoms with Gasteiger partial charge in [-0.2, -0.15) is 5.10 Å². The Morgan fingerprint density at radius 1 is 1.24 bits per heavy atom. The Morgan fingerprint density at radius 2 is 1.97 bits per heavy atom. The summed E-state index contributed by atoms with van der Waals surface area (Å²) in [6, 6.07) is 7.59. The summed E-state index contributed by atoms with van der Waals surface area (Å²) in [6.07, 6.45) is 3.49. The Labute approximate surface area is 176 Å². The monoisotopic (exact) mass is 412 g/mol. The zero-order valence-electron chi connectivity index (χ0n) is 17.4. The maximum Gasteiger partial charge on any atom is 0.240 e. The first kappa shape index (κ1) is 20.1. The van der Waals surface area contributed by atoms with Crippen LogP contribution in [0.5, 0.6) is 0 Å². The fraction of sp³-hybridized carbons (Fsp3) is 0.545. The van der Waals surface area contributed by atoms with Crippen molar-refractivity contribution in [1.29, 1.82) is 0 Å². The van der Waals surface area contributed by atoms with Gasteiger partial charge in [0.2, 0.25) is 11.8 Å². The van der Waals surface area contributed by atoms with Gasteiger partial charge >= 0.3 is 0 Å². The third kappa shape index (κ3) is 3.61. The van der Waals surface area contributed by atoms with Crippen molar-refractivity contribution in [3.8, 4) is 0 Å². The molecule has 154 valence electrons. The van der Waals surface area contributed by atoms with E-state index < -0.39 is 5.25 Å². The van der Waals surface area contributed by atoms with E-state index in [9.17, 15) is 9.59 Å². The quantitative estimate of drug-likeness (QED) is 0.730. The summed E-state index contributed by atoms with van der Waals surface area (Å²) in [5.41, 5.74) is 3.33. The van der Waals surface area contributed by atoms with Crippen molar-refractivity contribution in [3.05, 3.63) is 29.8 Å². The lowest BCUT2D eigenvalue weighted by atomic mass is 9.70. The number of benzene rings is 1. The zero-order chi connectivity index (χ0) is 20.8. The summed E-state index contributed by atoms with van der Waals surface area (Å²) in [6.45, 7) is 8.94. The van der Waals surface area contributed by atoms with Gasteiger partial charge in [-0.1, -0.05) is 50.2 Å². The van der Waals surface area contributed by atoms with Crippen molar-refractivity contribution in [2.45, 2.75) is 58.6 Å². The Kier molecular flexibility index (Phi) is 5.05. The van der Waals surface area contributed by atoms with Gasteiger partial charge in [0.25, 0.3) is 0 Å². The zero-order valence-corrected chi connectivity index (χ0v) is 18.2. The normalized spacial score (nSPS) is 32.8. The molecule has 2 N–H and O–H groups in total. The second-order valence-corrected chi connectivity index (χ2v) is 10.4. The van der Waals surface area contributed by atoms with Crippen LogP contribution >= 0.6 is 11.8 Å². The van der Waals surface area contributed by atoms with Crippen LogP contribution in [-0.2, 0) is 9.59 Å². The highest BCUT2D eigenvalue weighted by Gasteiger charge is 2.60. The lowest BCUT2D eigenvalue weighted by molar-refractivity contribution is -0.122. The second kappa shape index (κ2) is 7.27. The van der Waals surface area contributed by atoms with Crippen molar-refractivity contribution in [2.24, 2.45) is 27.0 Å². The first-order valence-electron chi connectivity index (χ1n) is 10.2. The van der Waals surface area contributed by atoms with E-state index in [4.69, 9.17) is 0 Å². The van der Waals surface area contributed by atoms with Gasteiger partial charge < -0.3 is 10.6 Å². The van der Waals surface area contributed by atoms with Crippen LogP contribution in [0.15, 0.2) is 34.5 Å². The number of amides is 2. The van der Waals surface area contributed by atoms with Crippen LogP contribution < -0.4 is 10.6 Å². The molecule has 2 aliphatic carbocycles. The molecule has 1 aromatic rings. The van der Waals surface area contributed by atoms with Gasteiger partial charge in [0.1, 0.15) is 5.25 Å². The molecule has 3 atom stereocenters. The van der Waals surface area contributed by atoms with Gasteiger partial charge in [-0.25, -0.2) is 0 Å². The molecule has 29 heavy (non-hydrogen) atoms. The fourth-order valence-electron chi connectivity index (χ4n) is 4.79. The number of fused-ring (bicyclic) bond motifs is 2. The van der Waals surface area contributed by atoms with E-state index in [2.05, 4.69) is 41.6 Å². The lowest BCUT2D eigenvalue weighted by Gasteiger charge is -2.34. The maximum absolute atomic E-state index is 12.3. The van der Waals surface area contributed by atoms with Crippen LogP contribution in [0.2, 0.25) is 0 Å². The third-order valence-corrected chi connectivity index (χ3v) is 8.33. The number of anilines is 1. The van der Waals surface area contributed by atoms with Crippen molar-refractivity contribution in [3.63, 3.8) is 0 Å². The highest BCUT2D eigenvalue weighted by atomic mass is 32.2. The number of rotatable bonds is 4. The van der Waals surface area contributed by atoms with Gasteiger partial charge in [0.05, 0.1) is 0 Å². The molecule has 0 spiro atoms. The predicted octanol–water partition coefficient (Wildman–Crippen LogP) is 4.11. The number of nitrogens with one attached hydrogen (secondary N) is 2. The van der Waals surface area contributed by atoms with Crippen LogP contribution in [0.4, 0.5) is 5.69 Å². The highest BCUT2D eigenvalue weighted by molar-refractivity contribution is 8.15. The molecule has 3 fully saturated rings. The second-order valence-electron chi connectivity index (χ2n) is 9.16. The molecule has 1 aliphatic heterocycles. The SMILES string of the molecule is Cc1ccc(NC(=O)C[C@H]2S/C(=N/N=C3\C[C@H]4CC[C@@]3(C)C4(C)C)NC2=O)cc1. The molecular formula is C22H28N4O2S. The number of amidine groups is 1. The molecule has 1 heterocycles. The molecule has 3 aliphatic rings. The lowest BCUT2D eigenvalue weighted by Crippen LogP contribution is -2.32. The minimum absolute atomic E-state index is 0.0856. The fourth-order valence-corrected chi connectivity index (χ4v) is 5.71.